The van der Waals surface area contributed by atoms with Crippen LogP contribution >= 0.6 is 0 Å². The number of aromatic nitrogens is 2. The maximum Gasteiger partial charge on any atom is 0.138 e. The lowest BCUT2D eigenvalue weighted by Crippen LogP contribution is -2.36. The Morgan fingerprint density at radius 3 is 2.74 bits per heavy atom. The van der Waals surface area contributed by atoms with Gasteiger partial charge < -0.3 is 15.0 Å². The third-order valence-electron chi connectivity index (χ3n) is 6.37. The summed E-state index contributed by atoms with van der Waals surface area (Å²) in [5, 5.41) is 13.9. The summed E-state index contributed by atoms with van der Waals surface area (Å²) in [4.78, 5) is 12.1. The van der Waals surface area contributed by atoms with Crippen molar-refractivity contribution >= 4 is 22.4 Å². The normalized spacial score (nSPS) is 16.7. The van der Waals surface area contributed by atoms with E-state index in [1.54, 1.807) is 0 Å². The van der Waals surface area contributed by atoms with E-state index in [2.05, 4.69) is 29.3 Å². The number of nitriles is 1. The van der Waals surface area contributed by atoms with Gasteiger partial charge in [0.25, 0.3) is 0 Å². The lowest BCUT2D eigenvalue weighted by Gasteiger charge is -2.31. The first kappa shape index (κ1) is 19.8. The van der Waals surface area contributed by atoms with Gasteiger partial charge in [-0.25, -0.2) is 9.97 Å². The molecule has 1 unspecified atom stereocenters. The number of ether oxygens (including phenoxy) is 1. The second-order valence-corrected chi connectivity index (χ2v) is 8.42. The second-order valence-electron chi connectivity index (χ2n) is 8.42. The van der Waals surface area contributed by atoms with Crippen molar-refractivity contribution in [2.24, 2.45) is 0 Å². The summed E-state index contributed by atoms with van der Waals surface area (Å²) >= 11 is 0. The van der Waals surface area contributed by atoms with E-state index in [-0.39, 0.29) is 6.04 Å². The molecule has 3 aromatic rings. The molecule has 2 aromatic carbocycles. The predicted molar refractivity (Wildman–Crippen MR) is 123 cm³/mol. The van der Waals surface area contributed by atoms with Gasteiger partial charge in [-0.2, -0.15) is 5.26 Å². The minimum absolute atomic E-state index is 0.0193. The van der Waals surface area contributed by atoms with Crippen molar-refractivity contribution in [3.8, 4) is 6.07 Å². The Balaban J connectivity index is 1.60. The molecule has 1 N–H and O–H groups in total. The van der Waals surface area contributed by atoms with Crippen LogP contribution in [-0.2, 0) is 17.6 Å². The Bertz CT molecular complexity index is 1180. The topological polar surface area (TPSA) is 74.1 Å². The molecule has 1 aromatic heterocycles. The minimum Gasteiger partial charge on any atom is -0.378 e. The van der Waals surface area contributed by atoms with E-state index >= 15 is 0 Å². The molecule has 0 saturated carbocycles. The summed E-state index contributed by atoms with van der Waals surface area (Å²) in [6.45, 7) is 7.46. The largest absolute Gasteiger partial charge is 0.378 e. The van der Waals surface area contributed by atoms with E-state index in [4.69, 9.17) is 14.7 Å². The van der Waals surface area contributed by atoms with Crippen LogP contribution in [0.25, 0.3) is 10.9 Å². The molecule has 2 aliphatic rings. The molecular formula is C25H27N5O. The lowest BCUT2D eigenvalue weighted by atomic mass is 10.0. The zero-order valence-electron chi connectivity index (χ0n) is 18.1. The highest BCUT2D eigenvalue weighted by molar-refractivity contribution is 5.96. The molecule has 31 heavy (non-hydrogen) atoms. The van der Waals surface area contributed by atoms with Gasteiger partial charge in [0.15, 0.2) is 0 Å². The molecule has 1 saturated heterocycles. The standard InChI is InChI=1S/C25H27N5O/c1-16(19-6-3-5-18(13-19)15-26)27-25-22-14-23(30-9-11-31-12-10-30)20-7-4-8-21(20)24(22)28-17(2)29-25/h3,5-6,13-14,16H,4,7-12H2,1-2H3,(H,27,28,29). The van der Waals surface area contributed by atoms with Crippen LogP contribution in [0.1, 0.15) is 47.5 Å². The molecule has 158 valence electrons. The number of nitrogens with zero attached hydrogens (tertiary/aromatic N) is 4. The first-order chi connectivity index (χ1) is 15.1. The zero-order chi connectivity index (χ0) is 21.4. The van der Waals surface area contributed by atoms with Crippen molar-refractivity contribution < 1.29 is 4.74 Å². The summed E-state index contributed by atoms with van der Waals surface area (Å²) in [6.07, 6.45) is 3.36. The molecule has 1 fully saturated rings. The molecule has 0 spiro atoms. The number of nitrogens with one attached hydrogen (secondary N) is 1. The molecular weight excluding hydrogens is 386 g/mol. The molecule has 2 heterocycles. The van der Waals surface area contributed by atoms with Gasteiger partial charge in [0, 0.05) is 24.2 Å². The summed E-state index contributed by atoms with van der Waals surface area (Å²) < 4.78 is 5.59. The number of benzene rings is 2. The van der Waals surface area contributed by atoms with Crippen molar-refractivity contribution in [1.29, 1.82) is 5.26 Å². The molecule has 1 aliphatic heterocycles. The molecule has 1 aliphatic carbocycles. The number of morpholine rings is 1. The molecule has 1 atom stereocenters. The SMILES string of the molecule is Cc1nc(NC(C)c2cccc(C#N)c2)c2cc(N3CCOCC3)c3c(c2n1)CCC3. The molecule has 0 radical (unpaired) electrons. The summed E-state index contributed by atoms with van der Waals surface area (Å²) in [7, 11) is 0. The van der Waals surface area contributed by atoms with Crippen molar-refractivity contribution in [3.05, 3.63) is 58.4 Å². The summed E-state index contributed by atoms with van der Waals surface area (Å²) in [5.74, 6) is 1.64. The van der Waals surface area contributed by atoms with Gasteiger partial charge >= 0.3 is 0 Å². The van der Waals surface area contributed by atoms with Gasteiger partial charge in [0.2, 0.25) is 0 Å². The van der Waals surface area contributed by atoms with Crippen LogP contribution in [0.4, 0.5) is 11.5 Å². The fraction of sp³-hybridized carbons (Fsp3) is 0.400. The average Bonchev–Trinajstić information content (AvgIpc) is 3.29. The average molecular weight is 414 g/mol. The lowest BCUT2D eigenvalue weighted by molar-refractivity contribution is 0.122. The van der Waals surface area contributed by atoms with Crippen molar-refractivity contribution in [1.82, 2.24) is 9.97 Å². The number of rotatable bonds is 4. The Hall–Kier alpha value is -3.17. The summed E-state index contributed by atoms with van der Waals surface area (Å²) in [5.41, 5.74) is 6.97. The van der Waals surface area contributed by atoms with Crippen molar-refractivity contribution in [2.75, 3.05) is 36.5 Å². The van der Waals surface area contributed by atoms with Gasteiger partial charge in [-0.3, -0.25) is 0 Å². The van der Waals surface area contributed by atoms with E-state index in [1.807, 2.05) is 31.2 Å². The quantitative estimate of drug-likeness (QED) is 0.687. The monoisotopic (exact) mass is 413 g/mol. The number of anilines is 2. The second kappa shape index (κ2) is 8.16. The van der Waals surface area contributed by atoms with E-state index in [9.17, 15) is 5.26 Å². The Morgan fingerprint density at radius 2 is 1.94 bits per heavy atom. The number of hydrogen-bond acceptors (Lipinski definition) is 6. The molecule has 0 bridgehead atoms. The molecule has 6 nitrogen and oxygen atoms in total. The van der Waals surface area contributed by atoms with E-state index < -0.39 is 0 Å². The highest BCUT2D eigenvalue weighted by Crippen LogP contribution is 2.39. The smallest absolute Gasteiger partial charge is 0.138 e. The van der Waals surface area contributed by atoms with Gasteiger partial charge in [0.05, 0.1) is 36.4 Å². The number of fused-ring (bicyclic) bond motifs is 3. The van der Waals surface area contributed by atoms with Gasteiger partial charge in [-0.05, 0) is 68.0 Å². The van der Waals surface area contributed by atoms with Crippen LogP contribution < -0.4 is 10.2 Å². The maximum atomic E-state index is 9.25. The van der Waals surface area contributed by atoms with Crippen molar-refractivity contribution in [3.63, 3.8) is 0 Å². The third kappa shape index (κ3) is 3.70. The highest BCUT2D eigenvalue weighted by Gasteiger charge is 2.25. The first-order valence-corrected chi connectivity index (χ1v) is 11.1. The minimum atomic E-state index is 0.0193. The Kier molecular flexibility index (Phi) is 5.21. The van der Waals surface area contributed by atoms with Crippen LogP contribution in [0.3, 0.4) is 0 Å². The fourth-order valence-electron chi connectivity index (χ4n) is 4.82. The van der Waals surface area contributed by atoms with Gasteiger partial charge in [-0.15, -0.1) is 0 Å². The van der Waals surface area contributed by atoms with Crippen LogP contribution in [0, 0.1) is 18.3 Å². The fourth-order valence-corrected chi connectivity index (χ4v) is 4.82. The van der Waals surface area contributed by atoms with Crippen LogP contribution in [-0.4, -0.2) is 36.3 Å². The Labute approximate surface area is 182 Å². The predicted octanol–water partition coefficient (Wildman–Crippen LogP) is 4.31. The highest BCUT2D eigenvalue weighted by atomic mass is 16.5. The van der Waals surface area contributed by atoms with E-state index in [0.29, 0.717) is 5.56 Å². The van der Waals surface area contributed by atoms with Crippen LogP contribution in [0.2, 0.25) is 0 Å². The number of hydrogen-bond donors (Lipinski definition) is 1. The molecule has 0 amide bonds. The first-order valence-electron chi connectivity index (χ1n) is 11.1. The molecule has 5 rings (SSSR count). The van der Waals surface area contributed by atoms with Crippen molar-refractivity contribution in [2.45, 2.75) is 39.2 Å². The third-order valence-corrected chi connectivity index (χ3v) is 6.37. The van der Waals surface area contributed by atoms with E-state index in [1.165, 1.54) is 23.2 Å². The van der Waals surface area contributed by atoms with Crippen LogP contribution in [0.15, 0.2) is 30.3 Å². The number of aryl methyl sites for hydroxylation is 2. The van der Waals surface area contributed by atoms with E-state index in [0.717, 1.165) is 67.3 Å². The summed E-state index contributed by atoms with van der Waals surface area (Å²) in [6, 6.07) is 12.3. The Morgan fingerprint density at radius 1 is 1.13 bits per heavy atom. The van der Waals surface area contributed by atoms with Gasteiger partial charge in [-0.1, -0.05) is 12.1 Å². The van der Waals surface area contributed by atoms with Gasteiger partial charge in [0.1, 0.15) is 11.6 Å². The zero-order valence-corrected chi connectivity index (χ0v) is 18.1. The maximum absolute atomic E-state index is 9.25. The molecule has 6 heteroatoms. The van der Waals surface area contributed by atoms with Crippen LogP contribution in [0.5, 0.6) is 0 Å².